The number of thiophene rings is 1. The molecule has 0 fully saturated rings. The first-order valence-electron chi connectivity index (χ1n) is 4.80. The monoisotopic (exact) mass is 198 g/mol. The second kappa shape index (κ2) is 4.51. The lowest BCUT2D eigenvalue weighted by Crippen LogP contribution is -2.03. The lowest BCUT2D eigenvalue weighted by atomic mass is 10.2. The standard InChI is InChI=1S/C10H14O2S/c1-2-4-7-12-10-9(5-8-13-10)11-6-3-1/h5,8H,1-4,6-7H2. The van der Waals surface area contributed by atoms with Gasteiger partial charge in [0.15, 0.2) is 5.75 Å². The molecular formula is C10H14O2S. The van der Waals surface area contributed by atoms with Crippen molar-refractivity contribution in [1.29, 1.82) is 0 Å². The molecule has 0 radical (unpaired) electrons. The molecule has 1 aliphatic heterocycles. The highest BCUT2D eigenvalue weighted by Gasteiger charge is 2.07. The first-order valence-corrected chi connectivity index (χ1v) is 5.68. The van der Waals surface area contributed by atoms with E-state index in [1.807, 2.05) is 11.4 Å². The molecule has 1 aliphatic rings. The topological polar surface area (TPSA) is 18.5 Å². The maximum absolute atomic E-state index is 5.60. The first kappa shape index (κ1) is 8.88. The lowest BCUT2D eigenvalue weighted by molar-refractivity contribution is 0.251. The Morgan fingerprint density at radius 1 is 1.00 bits per heavy atom. The summed E-state index contributed by atoms with van der Waals surface area (Å²) in [5, 5.41) is 2.96. The molecule has 3 heteroatoms. The zero-order valence-corrected chi connectivity index (χ0v) is 8.44. The van der Waals surface area contributed by atoms with Gasteiger partial charge in [0, 0.05) is 0 Å². The van der Waals surface area contributed by atoms with E-state index in [2.05, 4.69) is 0 Å². The summed E-state index contributed by atoms with van der Waals surface area (Å²) in [7, 11) is 0. The molecule has 0 N–H and O–H groups in total. The van der Waals surface area contributed by atoms with Crippen LogP contribution >= 0.6 is 11.3 Å². The number of hydrogen-bond acceptors (Lipinski definition) is 3. The first-order chi connectivity index (χ1) is 6.47. The van der Waals surface area contributed by atoms with Gasteiger partial charge in [0.05, 0.1) is 13.2 Å². The third-order valence-electron chi connectivity index (χ3n) is 2.13. The number of fused-ring (bicyclic) bond motifs is 1. The summed E-state index contributed by atoms with van der Waals surface area (Å²) in [6, 6.07) is 1.99. The van der Waals surface area contributed by atoms with Crippen LogP contribution < -0.4 is 9.47 Å². The summed E-state index contributed by atoms with van der Waals surface area (Å²) in [5.74, 6) is 0.923. The van der Waals surface area contributed by atoms with Crippen LogP contribution in [-0.2, 0) is 0 Å². The van der Waals surface area contributed by atoms with Gasteiger partial charge < -0.3 is 9.47 Å². The van der Waals surface area contributed by atoms with Crippen molar-refractivity contribution in [3.63, 3.8) is 0 Å². The van der Waals surface area contributed by atoms with Gasteiger partial charge in [-0.15, -0.1) is 11.3 Å². The van der Waals surface area contributed by atoms with Gasteiger partial charge in [-0.3, -0.25) is 0 Å². The Kier molecular flexibility index (Phi) is 3.08. The molecule has 0 saturated carbocycles. The Morgan fingerprint density at radius 3 is 2.62 bits per heavy atom. The van der Waals surface area contributed by atoms with Crippen LogP contribution in [0.4, 0.5) is 0 Å². The van der Waals surface area contributed by atoms with Crippen LogP contribution in [0.1, 0.15) is 25.7 Å². The van der Waals surface area contributed by atoms with E-state index in [9.17, 15) is 0 Å². The minimum absolute atomic E-state index is 0.826. The van der Waals surface area contributed by atoms with E-state index in [1.54, 1.807) is 11.3 Å². The molecule has 0 spiro atoms. The molecule has 0 unspecified atom stereocenters. The highest BCUT2D eigenvalue weighted by atomic mass is 32.1. The highest BCUT2D eigenvalue weighted by Crippen LogP contribution is 2.34. The van der Waals surface area contributed by atoms with E-state index in [-0.39, 0.29) is 0 Å². The Morgan fingerprint density at radius 2 is 1.77 bits per heavy atom. The summed E-state index contributed by atoms with van der Waals surface area (Å²) >= 11 is 1.62. The maximum atomic E-state index is 5.60. The summed E-state index contributed by atoms with van der Waals surface area (Å²) in [6.07, 6.45) is 4.83. The van der Waals surface area contributed by atoms with Gasteiger partial charge in [-0.2, -0.15) is 0 Å². The molecule has 0 aliphatic carbocycles. The SMILES string of the molecule is c1cc2c(s1)OCCCCCCO2. The second-order valence-electron chi connectivity index (χ2n) is 3.18. The fourth-order valence-corrected chi connectivity index (χ4v) is 2.11. The van der Waals surface area contributed by atoms with Gasteiger partial charge in [0.1, 0.15) is 0 Å². The molecule has 13 heavy (non-hydrogen) atoms. The molecule has 1 aromatic heterocycles. The number of hydrogen-bond donors (Lipinski definition) is 0. The molecule has 0 atom stereocenters. The normalized spacial score (nSPS) is 18.2. The van der Waals surface area contributed by atoms with Crippen molar-refractivity contribution in [3.05, 3.63) is 11.4 Å². The fourth-order valence-electron chi connectivity index (χ4n) is 1.40. The van der Waals surface area contributed by atoms with Crippen molar-refractivity contribution in [2.24, 2.45) is 0 Å². The summed E-state index contributed by atoms with van der Waals surface area (Å²) < 4.78 is 11.2. The molecule has 1 aromatic rings. The highest BCUT2D eigenvalue weighted by molar-refractivity contribution is 7.12. The van der Waals surface area contributed by atoms with Gasteiger partial charge in [0.25, 0.3) is 0 Å². The van der Waals surface area contributed by atoms with E-state index in [0.29, 0.717) is 0 Å². The van der Waals surface area contributed by atoms with Crippen LogP contribution in [0.2, 0.25) is 0 Å². The van der Waals surface area contributed by atoms with Crippen molar-refractivity contribution in [3.8, 4) is 10.8 Å². The average molecular weight is 198 g/mol. The van der Waals surface area contributed by atoms with Gasteiger partial charge in [-0.05, 0) is 37.1 Å². The van der Waals surface area contributed by atoms with Crippen molar-refractivity contribution < 1.29 is 9.47 Å². The van der Waals surface area contributed by atoms with Crippen molar-refractivity contribution in [2.75, 3.05) is 13.2 Å². The van der Waals surface area contributed by atoms with Crippen LogP contribution in [0.5, 0.6) is 10.8 Å². The molecule has 72 valence electrons. The maximum Gasteiger partial charge on any atom is 0.216 e. The third-order valence-corrected chi connectivity index (χ3v) is 2.93. The number of rotatable bonds is 0. The van der Waals surface area contributed by atoms with Gasteiger partial charge in [-0.25, -0.2) is 0 Å². The molecule has 2 heterocycles. The minimum Gasteiger partial charge on any atom is -0.489 e. The third kappa shape index (κ3) is 2.37. The summed E-state index contributed by atoms with van der Waals surface area (Å²) in [6.45, 7) is 1.66. The van der Waals surface area contributed by atoms with Crippen molar-refractivity contribution in [2.45, 2.75) is 25.7 Å². The van der Waals surface area contributed by atoms with Crippen molar-refractivity contribution in [1.82, 2.24) is 0 Å². The van der Waals surface area contributed by atoms with Crippen LogP contribution in [0.15, 0.2) is 11.4 Å². The molecule has 2 nitrogen and oxygen atoms in total. The van der Waals surface area contributed by atoms with Crippen LogP contribution in [-0.4, -0.2) is 13.2 Å². The Labute approximate surface area is 82.5 Å². The smallest absolute Gasteiger partial charge is 0.216 e. The molecule has 0 amide bonds. The van der Waals surface area contributed by atoms with E-state index in [4.69, 9.17) is 9.47 Å². The Bertz CT molecular complexity index is 233. The zero-order valence-electron chi connectivity index (χ0n) is 7.62. The van der Waals surface area contributed by atoms with Gasteiger partial charge in [0.2, 0.25) is 5.06 Å². The average Bonchev–Trinajstić information content (AvgIpc) is 2.59. The minimum atomic E-state index is 0.826. The largest absolute Gasteiger partial charge is 0.489 e. The predicted octanol–water partition coefficient (Wildman–Crippen LogP) is 3.08. The van der Waals surface area contributed by atoms with Crippen LogP contribution in [0, 0.1) is 0 Å². The molecular weight excluding hydrogens is 184 g/mol. The second-order valence-corrected chi connectivity index (χ2v) is 4.06. The van der Waals surface area contributed by atoms with E-state index in [1.165, 1.54) is 12.8 Å². The van der Waals surface area contributed by atoms with E-state index >= 15 is 0 Å². The van der Waals surface area contributed by atoms with Crippen LogP contribution in [0.3, 0.4) is 0 Å². The molecule has 0 aromatic carbocycles. The van der Waals surface area contributed by atoms with Gasteiger partial charge in [-0.1, -0.05) is 0 Å². The van der Waals surface area contributed by atoms with E-state index in [0.717, 1.165) is 36.9 Å². The lowest BCUT2D eigenvalue weighted by Gasteiger charge is -2.11. The Hall–Kier alpha value is -0.700. The molecule has 0 bridgehead atoms. The summed E-state index contributed by atoms with van der Waals surface area (Å²) in [5.41, 5.74) is 0. The fraction of sp³-hybridized carbons (Fsp3) is 0.600. The number of ether oxygens (including phenoxy) is 2. The predicted molar refractivity (Wildman–Crippen MR) is 53.8 cm³/mol. The molecule has 0 saturated heterocycles. The van der Waals surface area contributed by atoms with Crippen molar-refractivity contribution >= 4 is 11.3 Å². The molecule has 2 rings (SSSR count). The van der Waals surface area contributed by atoms with Crippen LogP contribution in [0.25, 0.3) is 0 Å². The van der Waals surface area contributed by atoms with Gasteiger partial charge >= 0.3 is 0 Å². The Balaban J connectivity index is 2.03. The quantitative estimate of drug-likeness (QED) is 0.637. The zero-order chi connectivity index (χ0) is 8.93. The summed E-state index contributed by atoms with van der Waals surface area (Å²) in [4.78, 5) is 0. The van der Waals surface area contributed by atoms with E-state index < -0.39 is 0 Å².